The van der Waals surface area contributed by atoms with E-state index in [-0.39, 0.29) is 5.92 Å². The molecule has 0 fully saturated rings. The molecule has 1 aliphatic carbocycles. The van der Waals surface area contributed by atoms with Gasteiger partial charge in [-0.15, -0.1) is 0 Å². The maximum atomic E-state index is 7.35. The third-order valence-corrected chi connectivity index (χ3v) is 14.7. The summed E-state index contributed by atoms with van der Waals surface area (Å²) in [6, 6.07) is 78.5. The van der Waals surface area contributed by atoms with Crippen LogP contribution in [0.15, 0.2) is 246 Å². The number of nitrogen functional groups attached to an aromatic ring is 1. The Kier molecular flexibility index (Phi) is 13.6. The molecule has 0 saturated heterocycles. The SMILES string of the molecule is C/C=C\C(=C/C)c1ccc(C2=Cc3c(oc4c(-c5ccc(C(C)=Nc6c(N)c7ccccc7c7ccccc67)cc5)cc(-c5ccc(-c6ccccc6)cc5)cc34)C(c3ccc(-c4ccccc4)cc3)C2)cc1.CC. The Morgan fingerprint density at radius 1 is 0.507 bits per heavy atom. The fraction of sp³-hybridized carbons (Fsp3) is 0.0972. The lowest BCUT2D eigenvalue weighted by molar-refractivity contribution is 0.519. The van der Waals surface area contributed by atoms with Crippen LogP contribution in [0.1, 0.15) is 80.5 Å². The fourth-order valence-corrected chi connectivity index (χ4v) is 10.9. The number of nitrogens with two attached hydrogens (primary N) is 1. The van der Waals surface area contributed by atoms with Crippen molar-refractivity contribution in [3.05, 3.63) is 270 Å². The van der Waals surface area contributed by atoms with E-state index < -0.39 is 0 Å². The minimum atomic E-state index is -0.0117. The second-order valence-corrected chi connectivity index (χ2v) is 19.1. The van der Waals surface area contributed by atoms with E-state index in [0.717, 1.165) is 89.5 Å². The molecule has 1 atom stereocenters. The summed E-state index contributed by atoms with van der Waals surface area (Å²) >= 11 is 0. The number of benzene rings is 10. The molecule has 364 valence electrons. The largest absolute Gasteiger partial charge is 0.459 e. The van der Waals surface area contributed by atoms with Crippen LogP contribution in [0.5, 0.6) is 0 Å². The number of hydrogen-bond donors (Lipinski definition) is 1. The molecule has 1 heterocycles. The number of rotatable bonds is 10. The van der Waals surface area contributed by atoms with Crippen LogP contribution in [0, 0.1) is 0 Å². The number of fused-ring (bicyclic) bond motifs is 6. The van der Waals surface area contributed by atoms with Crippen LogP contribution < -0.4 is 5.73 Å². The molecule has 1 aromatic heterocycles. The summed E-state index contributed by atoms with van der Waals surface area (Å²) in [5.41, 5.74) is 27.6. The van der Waals surface area contributed by atoms with E-state index in [2.05, 4.69) is 257 Å². The van der Waals surface area contributed by atoms with Crippen molar-refractivity contribution >= 4 is 66.8 Å². The van der Waals surface area contributed by atoms with E-state index in [1.54, 1.807) is 0 Å². The standard InChI is InChI=1S/C70H54N2O.C2H6/c1-4-16-46(5-2)50-27-31-53(32-28-50)57-42-64(56-39-35-52(36-40-56)49-19-10-7-11-20-49)70-66(43-57)65-44-58(54-33-29-51(30-34-54)48-17-8-6-9-18-48)41-63(69(65)73-70)55-37-25-47(26-38-55)45(3)72-68-62-24-15-13-22-60(62)59-21-12-14-23-61(59)67(68)71;1-2/h4-41,43-44,64H,42,71H2,1-3H3;1-2H3/b16-4-,46-5+,72-45?;. The summed E-state index contributed by atoms with van der Waals surface area (Å²) in [6.45, 7) is 10.2. The molecule has 0 spiro atoms. The maximum absolute atomic E-state index is 7.35. The van der Waals surface area contributed by atoms with Crippen molar-refractivity contribution in [3.63, 3.8) is 0 Å². The Balaban J connectivity index is 0.00000298. The van der Waals surface area contributed by atoms with Crippen molar-refractivity contribution in [2.24, 2.45) is 4.99 Å². The Hall–Kier alpha value is -9.05. The molecule has 10 aromatic carbocycles. The number of aliphatic imine (C=N–C) groups is 1. The quantitative estimate of drug-likeness (QED) is 0.0643. The van der Waals surface area contributed by atoms with Crippen molar-refractivity contribution in [3.8, 4) is 44.5 Å². The summed E-state index contributed by atoms with van der Waals surface area (Å²) in [5.74, 6) is 0.979. The lowest BCUT2D eigenvalue weighted by Gasteiger charge is -2.23. The zero-order chi connectivity index (χ0) is 51.4. The van der Waals surface area contributed by atoms with Gasteiger partial charge >= 0.3 is 0 Å². The summed E-state index contributed by atoms with van der Waals surface area (Å²) in [5, 5.41) is 5.42. The van der Waals surface area contributed by atoms with Gasteiger partial charge in [-0.3, -0.25) is 4.99 Å². The third kappa shape index (κ3) is 9.35. The predicted octanol–water partition coefficient (Wildman–Crippen LogP) is 20.2. The highest BCUT2D eigenvalue weighted by molar-refractivity contribution is 6.20. The Morgan fingerprint density at radius 2 is 1.00 bits per heavy atom. The number of hydrogen-bond acceptors (Lipinski definition) is 3. The molecular formula is C72H60N2O. The average molecular weight is 969 g/mol. The van der Waals surface area contributed by atoms with E-state index in [4.69, 9.17) is 15.1 Å². The lowest BCUT2D eigenvalue weighted by atomic mass is 9.80. The summed E-state index contributed by atoms with van der Waals surface area (Å²) in [7, 11) is 0. The minimum Gasteiger partial charge on any atom is -0.459 e. The van der Waals surface area contributed by atoms with Crippen LogP contribution in [0.25, 0.3) is 94.2 Å². The smallest absolute Gasteiger partial charge is 0.142 e. The van der Waals surface area contributed by atoms with Gasteiger partial charge in [0.25, 0.3) is 0 Å². The molecule has 0 amide bonds. The normalized spacial score (nSPS) is 13.7. The number of nitrogens with zero attached hydrogens (tertiary/aromatic N) is 1. The Bertz CT molecular complexity index is 3970. The summed E-state index contributed by atoms with van der Waals surface area (Å²) in [4.78, 5) is 5.26. The van der Waals surface area contributed by atoms with Crippen LogP contribution in [0.2, 0.25) is 0 Å². The number of allylic oxidation sites excluding steroid dienone is 5. The van der Waals surface area contributed by atoms with Crippen molar-refractivity contribution in [2.45, 2.75) is 47.0 Å². The summed E-state index contributed by atoms with van der Waals surface area (Å²) < 4.78 is 7.35. The first-order valence-corrected chi connectivity index (χ1v) is 26.3. The van der Waals surface area contributed by atoms with E-state index in [0.29, 0.717) is 5.69 Å². The van der Waals surface area contributed by atoms with Gasteiger partial charge in [-0.05, 0) is 129 Å². The van der Waals surface area contributed by atoms with Crippen LogP contribution in [0.3, 0.4) is 0 Å². The molecule has 75 heavy (non-hydrogen) atoms. The van der Waals surface area contributed by atoms with E-state index >= 15 is 0 Å². The summed E-state index contributed by atoms with van der Waals surface area (Å²) in [6.07, 6.45) is 9.64. The van der Waals surface area contributed by atoms with Gasteiger partial charge in [-0.1, -0.05) is 238 Å². The maximum Gasteiger partial charge on any atom is 0.142 e. The van der Waals surface area contributed by atoms with Crippen LogP contribution in [0.4, 0.5) is 11.4 Å². The van der Waals surface area contributed by atoms with Crippen molar-refractivity contribution in [2.75, 3.05) is 5.73 Å². The molecule has 0 radical (unpaired) electrons. The van der Waals surface area contributed by atoms with Crippen molar-refractivity contribution < 1.29 is 4.42 Å². The van der Waals surface area contributed by atoms with E-state index in [1.165, 1.54) is 50.1 Å². The predicted molar refractivity (Wildman–Crippen MR) is 323 cm³/mol. The van der Waals surface area contributed by atoms with Crippen molar-refractivity contribution in [1.82, 2.24) is 0 Å². The average Bonchev–Trinajstić information content (AvgIpc) is 3.87. The zero-order valence-electron chi connectivity index (χ0n) is 43.3. The molecule has 3 heteroatoms. The topological polar surface area (TPSA) is 51.5 Å². The van der Waals surface area contributed by atoms with Crippen LogP contribution >= 0.6 is 0 Å². The molecule has 0 bridgehead atoms. The van der Waals surface area contributed by atoms with Gasteiger partial charge in [0.15, 0.2) is 0 Å². The lowest BCUT2D eigenvalue weighted by Crippen LogP contribution is -2.07. The second kappa shape index (κ2) is 21.2. The second-order valence-electron chi connectivity index (χ2n) is 19.1. The van der Waals surface area contributed by atoms with Crippen LogP contribution in [-0.4, -0.2) is 5.71 Å². The molecule has 12 rings (SSSR count). The van der Waals surface area contributed by atoms with E-state index in [9.17, 15) is 0 Å². The van der Waals surface area contributed by atoms with Gasteiger partial charge in [0.1, 0.15) is 11.3 Å². The molecule has 11 aromatic rings. The van der Waals surface area contributed by atoms with Gasteiger partial charge in [-0.25, -0.2) is 0 Å². The molecular weight excluding hydrogens is 909 g/mol. The van der Waals surface area contributed by atoms with Gasteiger partial charge in [0.05, 0.1) is 11.4 Å². The van der Waals surface area contributed by atoms with E-state index in [1.807, 2.05) is 19.9 Å². The third-order valence-electron chi connectivity index (χ3n) is 14.7. The first kappa shape index (κ1) is 48.2. The zero-order valence-corrected chi connectivity index (χ0v) is 43.3. The molecule has 1 aliphatic rings. The molecule has 0 aliphatic heterocycles. The molecule has 3 nitrogen and oxygen atoms in total. The van der Waals surface area contributed by atoms with Crippen molar-refractivity contribution in [1.29, 1.82) is 0 Å². The highest BCUT2D eigenvalue weighted by Gasteiger charge is 2.31. The fourth-order valence-electron chi connectivity index (χ4n) is 10.9. The monoisotopic (exact) mass is 968 g/mol. The highest BCUT2D eigenvalue weighted by Crippen LogP contribution is 2.49. The Labute approximate surface area is 441 Å². The van der Waals surface area contributed by atoms with Gasteiger partial charge < -0.3 is 10.2 Å². The minimum absolute atomic E-state index is 0.0117. The number of anilines is 1. The molecule has 2 N–H and O–H groups in total. The molecule has 1 unspecified atom stereocenters. The molecule has 0 saturated carbocycles. The van der Waals surface area contributed by atoms with Gasteiger partial charge in [0, 0.05) is 38.9 Å². The highest BCUT2D eigenvalue weighted by atomic mass is 16.3. The number of furan rings is 1. The van der Waals surface area contributed by atoms with Gasteiger partial charge in [-0.2, -0.15) is 0 Å². The van der Waals surface area contributed by atoms with Gasteiger partial charge in [0.2, 0.25) is 0 Å². The van der Waals surface area contributed by atoms with Crippen LogP contribution in [-0.2, 0) is 0 Å². The first-order chi connectivity index (χ1) is 36.9. The first-order valence-electron chi connectivity index (χ1n) is 26.3. The Morgan fingerprint density at radius 3 is 1.60 bits per heavy atom.